The first-order valence-corrected chi connectivity index (χ1v) is 6.57. The second-order valence-corrected chi connectivity index (χ2v) is 4.80. The van der Waals surface area contributed by atoms with Crippen LogP contribution in [0, 0.1) is 6.92 Å². The van der Waals surface area contributed by atoms with E-state index < -0.39 is 0 Å². The van der Waals surface area contributed by atoms with Gasteiger partial charge in [0.1, 0.15) is 5.82 Å². The van der Waals surface area contributed by atoms with E-state index in [1.165, 1.54) is 4.90 Å². The first-order valence-electron chi connectivity index (χ1n) is 6.57. The standard InChI is InChI=1S/C15H14N4O2/c1-9-7-12(16-2)18-13(17-9)8-19-14(20)10-5-3-4-6-11(10)15(19)21/h3-7H,8H2,1-2H3,(H,16,17,18). The maximum absolute atomic E-state index is 12.3. The van der Waals surface area contributed by atoms with Crippen LogP contribution in [0.25, 0.3) is 0 Å². The maximum Gasteiger partial charge on any atom is 0.261 e. The van der Waals surface area contributed by atoms with E-state index in [2.05, 4.69) is 15.3 Å². The fourth-order valence-corrected chi connectivity index (χ4v) is 2.35. The summed E-state index contributed by atoms with van der Waals surface area (Å²) in [6.45, 7) is 1.91. The molecule has 1 aliphatic heterocycles. The number of carbonyl (C=O) groups is 2. The number of benzene rings is 1. The number of aryl methyl sites for hydroxylation is 1. The summed E-state index contributed by atoms with van der Waals surface area (Å²) in [7, 11) is 1.76. The SMILES string of the molecule is CNc1cc(C)nc(CN2C(=O)c3ccccc3C2=O)n1. The first-order chi connectivity index (χ1) is 10.1. The molecule has 0 unspecified atom stereocenters. The lowest BCUT2D eigenvalue weighted by Crippen LogP contribution is -2.30. The third-order valence-corrected chi connectivity index (χ3v) is 3.33. The third kappa shape index (κ3) is 2.24. The van der Waals surface area contributed by atoms with Gasteiger partial charge in [0, 0.05) is 18.8 Å². The van der Waals surface area contributed by atoms with Crippen LogP contribution in [0.3, 0.4) is 0 Å². The monoisotopic (exact) mass is 282 g/mol. The molecule has 1 aromatic carbocycles. The molecule has 1 aromatic heterocycles. The number of imide groups is 1. The second kappa shape index (κ2) is 4.97. The van der Waals surface area contributed by atoms with Gasteiger partial charge < -0.3 is 5.32 Å². The van der Waals surface area contributed by atoms with Crippen molar-refractivity contribution in [2.24, 2.45) is 0 Å². The van der Waals surface area contributed by atoms with Gasteiger partial charge in [-0.15, -0.1) is 0 Å². The molecule has 2 aromatic rings. The smallest absolute Gasteiger partial charge is 0.261 e. The maximum atomic E-state index is 12.3. The van der Waals surface area contributed by atoms with E-state index in [1.54, 1.807) is 37.4 Å². The Morgan fingerprint density at radius 3 is 2.29 bits per heavy atom. The second-order valence-electron chi connectivity index (χ2n) is 4.80. The van der Waals surface area contributed by atoms with Gasteiger partial charge in [-0.3, -0.25) is 14.5 Å². The summed E-state index contributed by atoms with van der Waals surface area (Å²) in [4.78, 5) is 34.3. The van der Waals surface area contributed by atoms with Gasteiger partial charge in [-0.25, -0.2) is 9.97 Å². The van der Waals surface area contributed by atoms with Crippen molar-refractivity contribution in [3.05, 3.63) is 53.0 Å². The summed E-state index contributed by atoms with van der Waals surface area (Å²) in [6, 6.07) is 8.61. The van der Waals surface area contributed by atoms with E-state index in [0.29, 0.717) is 22.8 Å². The molecule has 1 aliphatic rings. The van der Waals surface area contributed by atoms with E-state index in [-0.39, 0.29) is 18.4 Å². The van der Waals surface area contributed by atoms with Gasteiger partial charge in [-0.2, -0.15) is 0 Å². The Labute approximate surface area is 121 Å². The molecule has 6 heteroatoms. The molecule has 1 N–H and O–H groups in total. The predicted octanol–water partition coefficient (Wildman–Crippen LogP) is 1.62. The van der Waals surface area contributed by atoms with Crippen molar-refractivity contribution in [1.82, 2.24) is 14.9 Å². The van der Waals surface area contributed by atoms with Crippen LogP contribution in [0.4, 0.5) is 5.82 Å². The van der Waals surface area contributed by atoms with Crippen molar-refractivity contribution < 1.29 is 9.59 Å². The quantitative estimate of drug-likeness (QED) is 0.866. The normalized spacial score (nSPS) is 13.5. The number of aromatic nitrogens is 2. The van der Waals surface area contributed by atoms with Gasteiger partial charge in [-0.1, -0.05) is 12.1 Å². The number of carbonyl (C=O) groups excluding carboxylic acids is 2. The van der Waals surface area contributed by atoms with Crippen LogP contribution in [-0.2, 0) is 6.54 Å². The Morgan fingerprint density at radius 2 is 1.71 bits per heavy atom. The Morgan fingerprint density at radius 1 is 1.10 bits per heavy atom. The number of nitrogens with zero attached hydrogens (tertiary/aromatic N) is 3. The lowest BCUT2D eigenvalue weighted by Gasteiger charge is -2.13. The third-order valence-electron chi connectivity index (χ3n) is 3.33. The largest absolute Gasteiger partial charge is 0.373 e. The van der Waals surface area contributed by atoms with Crippen LogP contribution < -0.4 is 5.32 Å². The highest BCUT2D eigenvalue weighted by Crippen LogP contribution is 2.23. The first kappa shape index (κ1) is 13.2. The molecule has 3 rings (SSSR count). The fraction of sp³-hybridized carbons (Fsp3) is 0.200. The molecule has 0 bridgehead atoms. The van der Waals surface area contributed by atoms with Crippen molar-refractivity contribution in [2.75, 3.05) is 12.4 Å². The highest BCUT2D eigenvalue weighted by Gasteiger charge is 2.35. The van der Waals surface area contributed by atoms with Crippen LogP contribution in [0.2, 0.25) is 0 Å². The predicted molar refractivity (Wildman–Crippen MR) is 77.0 cm³/mol. The molecule has 0 saturated heterocycles. The van der Waals surface area contributed by atoms with Crippen LogP contribution in [0.5, 0.6) is 0 Å². The van der Waals surface area contributed by atoms with E-state index in [0.717, 1.165) is 5.69 Å². The van der Waals surface area contributed by atoms with Crippen LogP contribution >= 0.6 is 0 Å². The van der Waals surface area contributed by atoms with E-state index in [9.17, 15) is 9.59 Å². The molecule has 106 valence electrons. The molecule has 21 heavy (non-hydrogen) atoms. The van der Waals surface area contributed by atoms with E-state index in [1.807, 2.05) is 6.92 Å². The number of fused-ring (bicyclic) bond motifs is 1. The number of amides is 2. The summed E-state index contributed by atoms with van der Waals surface area (Å²) in [6.07, 6.45) is 0. The van der Waals surface area contributed by atoms with Crippen LogP contribution in [-0.4, -0.2) is 33.7 Å². The number of rotatable bonds is 3. The Bertz CT molecular complexity index is 707. The Balaban J connectivity index is 1.92. The Kier molecular flexibility index (Phi) is 3.13. The van der Waals surface area contributed by atoms with Gasteiger partial charge in [0.15, 0.2) is 5.82 Å². The molecular formula is C15H14N4O2. The van der Waals surface area contributed by atoms with Crippen LogP contribution in [0.1, 0.15) is 32.2 Å². The minimum absolute atomic E-state index is 0.0721. The number of hydrogen-bond acceptors (Lipinski definition) is 5. The number of nitrogens with one attached hydrogen (secondary N) is 1. The van der Waals surface area contributed by atoms with Crippen molar-refractivity contribution in [1.29, 1.82) is 0 Å². The number of hydrogen-bond donors (Lipinski definition) is 1. The fourth-order valence-electron chi connectivity index (χ4n) is 2.35. The summed E-state index contributed by atoms with van der Waals surface area (Å²) in [5.41, 5.74) is 1.65. The molecule has 0 fully saturated rings. The molecule has 0 saturated carbocycles. The summed E-state index contributed by atoms with van der Waals surface area (Å²) >= 11 is 0. The lowest BCUT2D eigenvalue weighted by atomic mass is 10.1. The van der Waals surface area contributed by atoms with E-state index in [4.69, 9.17) is 0 Å². The molecule has 0 radical (unpaired) electrons. The highest BCUT2D eigenvalue weighted by molar-refractivity contribution is 6.21. The Hall–Kier alpha value is -2.76. The van der Waals surface area contributed by atoms with Crippen LogP contribution in [0.15, 0.2) is 30.3 Å². The lowest BCUT2D eigenvalue weighted by molar-refractivity contribution is 0.0638. The molecule has 0 spiro atoms. The summed E-state index contributed by atoms with van der Waals surface area (Å²) < 4.78 is 0. The van der Waals surface area contributed by atoms with Gasteiger partial charge in [0.25, 0.3) is 11.8 Å². The van der Waals surface area contributed by atoms with E-state index >= 15 is 0 Å². The molecular weight excluding hydrogens is 268 g/mol. The van der Waals surface area contributed by atoms with Crippen molar-refractivity contribution in [3.63, 3.8) is 0 Å². The minimum Gasteiger partial charge on any atom is -0.373 e. The average molecular weight is 282 g/mol. The molecule has 2 amide bonds. The highest BCUT2D eigenvalue weighted by atomic mass is 16.2. The van der Waals surface area contributed by atoms with Crippen molar-refractivity contribution in [2.45, 2.75) is 13.5 Å². The number of anilines is 1. The summed E-state index contributed by atoms with van der Waals surface area (Å²) in [5, 5.41) is 2.93. The zero-order valence-corrected chi connectivity index (χ0v) is 11.8. The average Bonchev–Trinajstić information content (AvgIpc) is 2.72. The molecule has 6 nitrogen and oxygen atoms in total. The van der Waals surface area contributed by atoms with Gasteiger partial charge in [0.05, 0.1) is 17.7 Å². The van der Waals surface area contributed by atoms with Gasteiger partial charge in [-0.05, 0) is 19.1 Å². The molecule has 2 heterocycles. The van der Waals surface area contributed by atoms with Crippen molar-refractivity contribution in [3.8, 4) is 0 Å². The van der Waals surface area contributed by atoms with Gasteiger partial charge in [0.2, 0.25) is 0 Å². The summed E-state index contributed by atoms with van der Waals surface area (Å²) in [5.74, 6) is 0.501. The molecule has 0 atom stereocenters. The van der Waals surface area contributed by atoms with Crippen molar-refractivity contribution >= 4 is 17.6 Å². The molecule has 0 aliphatic carbocycles. The topological polar surface area (TPSA) is 75.2 Å². The zero-order valence-electron chi connectivity index (χ0n) is 11.8. The van der Waals surface area contributed by atoms with Gasteiger partial charge >= 0.3 is 0 Å². The zero-order chi connectivity index (χ0) is 15.0. The minimum atomic E-state index is -0.299.